The molecule has 1 N–H and O–H groups in total. The van der Waals surface area contributed by atoms with Gasteiger partial charge >= 0.3 is 0 Å². The summed E-state index contributed by atoms with van der Waals surface area (Å²) in [4.78, 5) is 0. The molecular weight excluding hydrogens is 359 g/mol. The largest absolute Gasteiger partial charge is 0.378 e. The van der Waals surface area contributed by atoms with Gasteiger partial charge in [0.05, 0.1) is 10.2 Å². The van der Waals surface area contributed by atoms with E-state index in [-0.39, 0.29) is 16.7 Å². The molecule has 0 unspecified atom stereocenters. The molecule has 100 valence electrons. The third-order valence-electron chi connectivity index (χ3n) is 2.49. The summed E-state index contributed by atoms with van der Waals surface area (Å²) >= 11 is 14.7. The van der Waals surface area contributed by atoms with E-state index in [4.69, 9.17) is 23.2 Å². The van der Waals surface area contributed by atoms with Gasteiger partial charge in [-0.3, -0.25) is 0 Å². The number of halogens is 5. The Morgan fingerprint density at radius 2 is 1.79 bits per heavy atom. The Balaban J connectivity index is 2.16. The van der Waals surface area contributed by atoms with Crippen LogP contribution in [-0.4, -0.2) is 0 Å². The molecule has 2 aromatic rings. The van der Waals surface area contributed by atoms with E-state index in [1.54, 1.807) is 18.2 Å². The zero-order valence-electron chi connectivity index (χ0n) is 9.48. The molecule has 0 saturated carbocycles. The monoisotopic (exact) mass is 365 g/mol. The smallest absolute Gasteiger partial charge is 0.147 e. The fourth-order valence-electron chi connectivity index (χ4n) is 1.51. The second-order valence-electron chi connectivity index (χ2n) is 3.84. The molecule has 0 radical (unpaired) electrons. The molecule has 0 aromatic heterocycles. The molecule has 0 spiro atoms. The van der Waals surface area contributed by atoms with E-state index in [0.717, 1.165) is 17.7 Å². The highest BCUT2D eigenvalue weighted by Gasteiger charge is 2.09. The van der Waals surface area contributed by atoms with Crippen molar-refractivity contribution in [1.82, 2.24) is 0 Å². The molecule has 6 heteroatoms. The van der Waals surface area contributed by atoms with Crippen molar-refractivity contribution in [2.75, 3.05) is 5.32 Å². The van der Waals surface area contributed by atoms with E-state index in [0.29, 0.717) is 10.0 Å². The minimum absolute atomic E-state index is 0.0757. The summed E-state index contributed by atoms with van der Waals surface area (Å²) in [6, 6.07) is 7.16. The normalized spacial score (nSPS) is 10.6. The van der Waals surface area contributed by atoms with Crippen LogP contribution < -0.4 is 5.32 Å². The number of hydrogen-bond acceptors (Lipinski definition) is 1. The number of anilines is 1. The Morgan fingerprint density at radius 1 is 1.05 bits per heavy atom. The van der Waals surface area contributed by atoms with Gasteiger partial charge in [-0.05, 0) is 39.7 Å². The summed E-state index contributed by atoms with van der Waals surface area (Å²) in [5.41, 5.74) is 0.820. The molecule has 2 aromatic carbocycles. The quantitative estimate of drug-likeness (QED) is 0.692. The van der Waals surface area contributed by atoms with Gasteiger partial charge in [0, 0.05) is 22.7 Å². The van der Waals surface area contributed by atoms with Crippen LogP contribution in [0.3, 0.4) is 0 Å². The summed E-state index contributed by atoms with van der Waals surface area (Å²) in [7, 11) is 0. The van der Waals surface area contributed by atoms with Crippen LogP contribution in [0.25, 0.3) is 0 Å². The highest BCUT2D eigenvalue weighted by molar-refractivity contribution is 9.10. The summed E-state index contributed by atoms with van der Waals surface area (Å²) in [5, 5.41) is 3.79. The summed E-state index contributed by atoms with van der Waals surface area (Å²) in [6.45, 7) is 0.272. The van der Waals surface area contributed by atoms with Gasteiger partial charge in [-0.1, -0.05) is 29.3 Å². The van der Waals surface area contributed by atoms with Crippen molar-refractivity contribution in [3.8, 4) is 0 Å². The number of nitrogens with one attached hydrogen (secondary N) is 1. The predicted molar refractivity (Wildman–Crippen MR) is 77.8 cm³/mol. The van der Waals surface area contributed by atoms with Crippen LogP contribution in [-0.2, 0) is 6.54 Å². The molecule has 0 aliphatic heterocycles. The highest BCUT2D eigenvalue weighted by Crippen LogP contribution is 2.25. The SMILES string of the molecule is Fc1cc(NCc2ccc(Cl)cc2Cl)c(F)cc1Br. The lowest BCUT2D eigenvalue weighted by atomic mass is 10.2. The fraction of sp³-hybridized carbons (Fsp3) is 0.0769. The van der Waals surface area contributed by atoms with Crippen molar-refractivity contribution >= 4 is 44.8 Å². The first-order valence-corrected chi connectivity index (χ1v) is 6.84. The molecule has 0 fully saturated rings. The molecule has 0 aliphatic rings. The van der Waals surface area contributed by atoms with Gasteiger partial charge in [0.25, 0.3) is 0 Å². The zero-order valence-corrected chi connectivity index (χ0v) is 12.6. The second-order valence-corrected chi connectivity index (χ2v) is 5.53. The third kappa shape index (κ3) is 3.59. The molecular formula is C13H8BrCl2F2N. The molecule has 0 bridgehead atoms. The third-order valence-corrected chi connectivity index (χ3v) is 3.69. The molecule has 0 saturated heterocycles. The maximum absolute atomic E-state index is 13.6. The van der Waals surface area contributed by atoms with E-state index in [1.165, 1.54) is 0 Å². The number of benzene rings is 2. The van der Waals surface area contributed by atoms with Crippen LogP contribution in [0.4, 0.5) is 14.5 Å². The Bertz CT molecular complexity index is 620. The number of hydrogen-bond donors (Lipinski definition) is 1. The van der Waals surface area contributed by atoms with Gasteiger partial charge in [0.15, 0.2) is 0 Å². The van der Waals surface area contributed by atoms with Crippen LogP contribution in [0.1, 0.15) is 5.56 Å². The van der Waals surface area contributed by atoms with Crippen LogP contribution in [0.2, 0.25) is 10.0 Å². The van der Waals surface area contributed by atoms with E-state index < -0.39 is 11.6 Å². The molecule has 19 heavy (non-hydrogen) atoms. The second kappa shape index (κ2) is 6.07. The Kier molecular flexibility index (Phi) is 4.66. The van der Waals surface area contributed by atoms with Crippen molar-refractivity contribution in [1.29, 1.82) is 0 Å². The average molecular weight is 367 g/mol. The molecule has 0 atom stereocenters. The van der Waals surface area contributed by atoms with E-state index in [1.807, 2.05) is 0 Å². The van der Waals surface area contributed by atoms with Crippen molar-refractivity contribution in [2.24, 2.45) is 0 Å². The van der Waals surface area contributed by atoms with Gasteiger partial charge in [0.1, 0.15) is 11.6 Å². The standard InChI is InChI=1S/C13H8BrCl2F2N/c14-9-4-12(18)13(5-11(9)17)19-6-7-1-2-8(15)3-10(7)16/h1-5,19H,6H2. The topological polar surface area (TPSA) is 12.0 Å². The van der Waals surface area contributed by atoms with Crippen molar-refractivity contribution in [3.05, 3.63) is 62.0 Å². The first-order valence-electron chi connectivity index (χ1n) is 5.29. The van der Waals surface area contributed by atoms with E-state index in [9.17, 15) is 8.78 Å². The van der Waals surface area contributed by atoms with Crippen molar-refractivity contribution in [2.45, 2.75) is 6.54 Å². The van der Waals surface area contributed by atoms with Gasteiger partial charge in [-0.25, -0.2) is 8.78 Å². The molecule has 2 rings (SSSR count). The molecule has 0 heterocycles. The van der Waals surface area contributed by atoms with E-state index in [2.05, 4.69) is 21.2 Å². The zero-order chi connectivity index (χ0) is 14.0. The van der Waals surface area contributed by atoms with Gasteiger partial charge in [0.2, 0.25) is 0 Å². The first-order chi connectivity index (χ1) is 8.97. The summed E-state index contributed by atoms with van der Waals surface area (Å²) in [6.07, 6.45) is 0. The molecule has 0 aliphatic carbocycles. The van der Waals surface area contributed by atoms with Crippen LogP contribution >= 0.6 is 39.1 Å². The Morgan fingerprint density at radius 3 is 2.47 bits per heavy atom. The summed E-state index contributed by atoms with van der Waals surface area (Å²) in [5.74, 6) is -1.08. The van der Waals surface area contributed by atoms with E-state index >= 15 is 0 Å². The maximum Gasteiger partial charge on any atom is 0.147 e. The van der Waals surface area contributed by atoms with Crippen molar-refractivity contribution < 1.29 is 8.78 Å². The Labute approximate surface area is 127 Å². The lowest BCUT2D eigenvalue weighted by molar-refractivity contribution is 0.596. The van der Waals surface area contributed by atoms with Gasteiger partial charge in [-0.2, -0.15) is 0 Å². The summed E-state index contributed by atoms with van der Waals surface area (Å²) < 4.78 is 27.0. The fourth-order valence-corrected chi connectivity index (χ4v) is 2.30. The highest BCUT2D eigenvalue weighted by atomic mass is 79.9. The first kappa shape index (κ1) is 14.6. The maximum atomic E-state index is 13.6. The van der Waals surface area contributed by atoms with Crippen LogP contribution in [0, 0.1) is 11.6 Å². The van der Waals surface area contributed by atoms with Gasteiger partial charge in [-0.15, -0.1) is 0 Å². The predicted octanol–water partition coefficient (Wildman–Crippen LogP) is 5.65. The lowest BCUT2D eigenvalue weighted by Gasteiger charge is -2.10. The van der Waals surface area contributed by atoms with Crippen molar-refractivity contribution in [3.63, 3.8) is 0 Å². The van der Waals surface area contributed by atoms with Gasteiger partial charge < -0.3 is 5.32 Å². The van der Waals surface area contributed by atoms with Crippen LogP contribution in [0.5, 0.6) is 0 Å². The molecule has 0 amide bonds. The Hall–Kier alpha value is -0.840. The van der Waals surface area contributed by atoms with Crippen LogP contribution in [0.15, 0.2) is 34.8 Å². The minimum Gasteiger partial charge on any atom is -0.378 e. The average Bonchev–Trinajstić information content (AvgIpc) is 2.34. The minimum atomic E-state index is -0.543. The molecule has 1 nitrogen and oxygen atoms in total. The number of rotatable bonds is 3. The lowest BCUT2D eigenvalue weighted by Crippen LogP contribution is -2.03.